The van der Waals surface area contributed by atoms with E-state index in [1.807, 2.05) is 97.1 Å². The highest BCUT2D eigenvalue weighted by molar-refractivity contribution is 6.01. The van der Waals surface area contributed by atoms with Crippen LogP contribution in [0.15, 0.2) is 121 Å². The largest absolute Gasteiger partial charge is 0.340 e. The van der Waals surface area contributed by atoms with Gasteiger partial charge in [-0.25, -0.2) is 4.79 Å². The summed E-state index contributed by atoms with van der Waals surface area (Å²) in [7, 11) is 0. The second-order valence-electron chi connectivity index (χ2n) is 8.30. The summed E-state index contributed by atoms with van der Waals surface area (Å²) in [5.41, 5.74) is 3.05. The molecule has 0 aromatic heterocycles. The van der Waals surface area contributed by atoms with Gasteiger partial charge in [-0.3, -0.25) is 14.9 Å². The molecule has 4 rings (SSSR count). The number of rotatable bonds is 8. The third-order valence-electron chi connectivity index (χ3n) is 5.72. The van der Waals surface area contributed by atoms with Gasteiger partial charge < -0.3 is 10.6 Å². The highest BCUT2D eigenvalue weighted by Crippen LogP contribution is 2.21. The third-order valence-corrected chi connectivity index (χ3v) is 5.72. The van der Waals surface area contributed by atoms with Crippen molar-refractivity contribution in [2.24, 2.45) is 0 Å². The van der Waals surface area contributed by atoms with Crippen LogP contribution in [0, 0.1) is 0 Å². The molecule has 1 atom stereocenters. The Balaban J connectivity index is 1.50. The number of hydrogen-bond acceptors (Lipinski definition) is 3. The van der Waals surface area contributed by atoms with Crippen LogP contribution in [0.1, 0.15) is 33.1 Å². The molecule has 0 saturated heterocycles. The monoisotopic (exact) mass is 477 g/mol. The molecule has 0 saturated carbocycles. The summed E-state index contributed by atoms with van der Waals surface area (Å²) in [5.74, 6) is -0.987. The SMILES string of the molecule is O=C(NC(=O)[C@@H](Cc1ccccc1)NC(=O)c1ccccc1)NC(c1ccccc1)c1ccccc1. The highest BCUT2D eigenvalue weighted by atomic mass is 16.2. The van der Waals surface area contributed by atoms with Crippen LogP contribution in [0.3, 0.4) is 0 Å². The molecule has 0 aliphatic carbocycles. The Bertz CT molecular complexity index is 1240. The molecule has 180 valence electrons. The molecule has 0 radical (unpaired) electrons. The van der Waals surface area contributed by atoms with Gasteiger partial charge in [-0.1, -0.05) is 109 Å². The smallest absolute Gasteiger partial charge is 0.322 e. The molecule has 6 nitrogen and oxygen atoms in total. The second kappa shape index (κ2) is 12.1. The van der Waals surface area contributed by atoms with Crippen LogP contribution in [0.5, 0.6) is 0 Å². The maximum atomic E-state index is 13.2. The van der Waals surface area contributed by atoms with Crippen molar-refractivity contribution in [1.82, 2.24) is 16.0 Å². The average molecular weight is 478 g/mol. The second-order valence-corrected chi connectivity index (χ2v) is 8.30. The van der Waals surface area contributed by atoms with Crippen molar-refractivity contribution in [2.45, 2.75) is 18.5 Å². The number of benzene rings is 4. The number of carbonyl (C=O) groups excluding carboxylic acids is 3. The Morgan fingerprint density at radius 3 is 1.58 bits per heavy atom. The summed E-state index contributed by atoms with van der Waals surface area (Å²) in [6.45, 7) is 0. The highest BCUT2D eigenvalue weighted by Gasteiger charge is 2.25. The fourth-order valence-corrected chi connectivity index (χ4v) is 3.91. The lowest BCUT2D eigenvalue weighted by Gasteiger charge is -2.22. The van der Waals surface area contributed by atoms with E-state index in [-0.39, 0.29) is 6.42 Å². The van der Waals surface area contributed by atoms with Crippen molar-refractivity contribution in [3.63, 3.8) is 0 Å². The van der Waals surface area contributed by atoms with E-state index in [0.717, 1.165) is 16.7 Å². The quantitative estimate of drug-likeness (QED) is 0.345. The fraction of sp³-hybridized carbons (Fsp3) is 0.100. The molecule has 4 aromatic rings. The average Bonchev–Trinajstić information content (AvgIpc) is 2.93. The molecule has 0 bridgehead atoms. The number of carbonyl (C=O) groups is 3. The summed E-state index contributed by atoms with van der Waals surface area (Å²) in [5, 5.41) is 8.10. The first kappa shape index (κ1) is 24.4. The minimum Gasteiger partial charge on any atom is -0.340 e. The van der Waals surface area contributed by atoms with Crippen LogP contribution in [-0.2, 0) is 11.2 Å². The molecule has 0 fully saturated rings. The molecular formula is C30H27N3O3. The van der Waals surface area contributed by atoms with Crippen LogP contribution in [0.2, 0.25) is 0 Å². The minimum atomic E-state index is -0.947. The lowest BCUT2D eigenvalue weighted by molar-refractivity contribution is -0.121. The molecule has 0 heterocycles. The molecule has 0 unspecified atom stereocenters. The van der Waals surface area contributed by atoms with Gasteiger partial charge in [0, 0.05) is 12.0 Å². The fourth-order valence-electron chi connectivity index (χ4n) is 3.91. The van der Waals surface area contributed by atoms with Crippen molar-refractivity contribution >= 4 is 17.8 Å². The molecule has 4 amide bonds. The van der Waals surface area contributed by atoms with Gasteiger partial charge in [0.1, 0.15) is 6.04 Å². The molecule has 3 N–H and O–H groups in total. The number of imide groups is 1. The van der Waals surface area contributed by atoms with E-state index >= 15 is 0 Å². The zero-order valence-electron chi connectivity index (χ0n) is 19.6. The van der Waals surface area contributed by atoms with E-state index in [9.17, 15) is 14.4 Å². The van der Waals surface area contributed by atoms with Crippen LogP contribution < -0.4 is 16.0 Å². The van der Waals surface area contributed by atoms with Gasteiger partial charge in [0.15, 0.2) is 0 Å². The number of amides is 4. The van der Waals surface area contributed by atoms with Crippen molar-refractivity contribution in [3.05, 3.63) is 144 Å². The first-order chi connectivity index (χ1) is 17.6. The summed E-state index contributed by atoms with van der Waals surface area (Å²) in [6.07, 6.45) is 0.235. The van der Waals surface area contributed by atoms with Crippen LogP contribution >= 0.6 is 0 Å². The Morgan fingerprint density at radius 2 is 1.06 bits per heavy atom. The first-order valence-corrected chi connectivity index (χ1v) is 11.7. The van der Waals surface area contributed by atoms with Crippen molar-refractivity contribution in [1.29, 1.82) is 0 Å². The van der Waals surface area contributed by atoms with E-state index in [0.29, 0.717) is 5.56 Å². The van der Waals surface area contributed by atoms with Gasteiger partial charge in [-0.05, 0) is 28.8 Å². The Hall–Kier alpha value is -4.71. The molecule has 6 heteroatoms. The van der Waals surface area contributed by atoms with E-state index < -0.39 is 29.9 Å². The van der Waals surface area contributed by atoms with Crippen molar-refractivity contribution < 1.29 is 14.4 Å². The van der Waals surface area contributed by atoms with Gasteiger partial charge in [0.05, 0.1) is 6.04 Å². The van der Waals surface area contributed by atoms with Crippen LogP contribution in [0.25, 0.3) is 0 Å². The topological polar surface area (TPSA) is 87.3 Å². The third kappa shape index (κ3) is 6.67. The van der Waals surface area contributed by atoms with E-state index in [4.69, 9.17) is 0 Å². The maximum Gasteiger partial charge on any atom is 0.322 e. The standard InChI is InChI=1S/C30H27N3O3/c34-28(25-19-11-4-12-20-25)31-26(21-22-13-5-1-6-14-22)29(35)33-30(36)32-27(23-15-7-2-8-16-23)24-17-9-3-10-18-24/h1-20,26-27H,21H2,(H,31,34)(H2,32,33,35,36)/t26-/m1/s1. The lowest BCUT2D eigenvalue weighted by atomic mass is 9.99. The Morgan fingerprint density at radius 1 is 0.583 bits per heavy atom. The summed E-state index contributed by atoms with van der Waals surface area (Å²) in [4.78, 5) is 39.0. The number of hydrogen-bond donors (Lipinski definition) is 3. The predicted octanol–water partition coefficient (Wildman–Crippen LogP) is 4.64. The van der Waals surface area contributed by atoms with E-state index in [1.165, 1.54) is 0 Å². The molecule has 36 heavy (non-hydrogen) atoms. The van der Waals surface area contributed by atoms with Crippen molar-refractivity contribution in [2.75, 3.05) is 0 Å². The normalized spacial score (nSPS) is 11.4. The van der Waals surface area contributed by atoms with E-state index in [1.54, 1.807) is 24.3 Å². The zero-order valence-corrected chi connectivity index (χ0v) is 19.6. The number of nitrogens with one attached hydrogen (secondary N) is 3. The first-order valence-electron chi connectivity index (χ1n) is 11.7. The van der Waals surface area contributed by atoms with Crippen LogP contribution in [-0.4, -0.2) is 23.9 Å². The van der Waals surface area contributed by atoms with Gasteiger partial charge >= 0.3 is 6.03 Å². The van der Waals surface area contributed by atoms with Gasteiger partial charge in [-0.2, -0.15) is 0 Å². The van der Waals surface area contributed by atoms with Crippen LogP contribution in [0.4, 0.5) is 4.79 Å². The maximum absolute atomic E-state index is 13.2. The number of urea groups is 1. The minimum absolute atomic E-state index is 0.235. The summed E-state index contributed by atoms with van der Waals surface area (Å²) in [6, 6.07) is 35.0. The summed E-state index contributed by atoms with van der Waals surface area (Å²) < 4.78 is 0. The van der Waals surface area contributed by atoms with E-state index in [2.05, 4.69) is 16.0 Å². The Kier molecular flexibility index (Phi) is 8.22. The summed E-state index contributed by atoms with van der Waals surface area (Å²) >= 11 is 0. The zero-order chi connectivity index (χ0) is 25.2. The molecule has 0 spiro atoms. The molecule has 4 aromatic carbocycles. The molecule has 0 aliphatic heterocycles. The van der Waals surface area contributed by atoms with Gasteiger partial charge in [0.25, 0.3) is 11.8 Å². The molecule has 0 aliphatic rings. The van der Waals surface area contributed by atoms with Gasteiger partial charge in [0.2, 0.25) is 0 Å². The van der Waals surface area contributed by atoms with Crippen molar-refractivity contribution in [3.8, 4) is 0 Å². The predicted molar refractivity (Wildman–Crippen MR) is 139 cm³/mol. The van der Waals surface area contributed by atoms with Gasteiger partial charge in [-0.15, -0.1) is 0 Å². The molecular weight excluding hydrogens is 450 g/mol. The lowest BCUT2D eigenvalue weighted by Crippen LogP contribution is -2.52. The Labute approximate surface area is 210 Å².